The van der Waals surface area contributed by atoms with Gasteiger partial charge in [0.15, 0.2) is 0 Å². The third-order valence-corrected chi connectivity index (χ3v) is 4.78. The third kappa shape index (κ3) is 2.13. The molecule has 2 amide bonds. The Morgan fingerprint density at radius 1 is 1.39 bits per heavy atom. The van der Waals surface area contributed by atoms with Crippen molar-refractivity contribution in [3.8, 4) is 0 Å². The molecule has 2 saturated heterocycles. The lowest BCUT2D eigenvalue weighted by molar-refractivity contribution is -0.161. The average molecular weight is 270 g/mol. The van der Waals surface area contributed by atoms with Crippen LogP contribution in [-0.2, 0) is 9.59 Å². The highest BCUT2D eigenvalue weighted by molar-refractivity contribution is 7.98. The van der Waals surface area contributed by atoms with Gasteiger partial charge in [0.2, 0.25) is 11.8 Å². The molecule has 0 saturated carbocycles. The van der Waals surface area contributed by atoms with Crippen LogP contribution in [0.4, 0.5) is 0 Å². The molecule has 0 bridgehead atoms. The number of thioether (sulfide) groups is 1. The second kappa shape index (κ2) is 5.51. The Labute approximate surface area is 113 Å². The molecule has 0 aromatic heterocycles. The first-order valence-electron chi connectivity index (χ1n) is 6.73. The molecule has 2 heterocycles. The normalized spacial score (nSPS) is 29.7. The first-order chi connectivity index (χ1) is 8.61. The van der Waals surface area contributed by atoms with Gasteiger partial charge in [0.1, 0.15) is 12.1 Å². The largest absolute Gasteiger partial charge is 0.329 e. The van der Waals surface area contributed by atoms with E-state index in [2.05, 4.69) is 6.92 Å². The molecule has 3 atom stereocenters. The predicted molar refractivity (Wildman–Crippen MR) is 73.5 cm³/mol. The number of hydrogen-bond acceptors (Lipinski definition) is 3. The maximum Gasteiger partial charge on any atom is 0.246 e. The Balaban J connectivity index is 2.25. The SMILES string of the molecule is CCC1C(=O)N2CCCC2C(=O)N1C(C)CSC. The van der Waals surface area contributed by atoms with Crippen molar-refractivity contribution in [2.24, 2.45) is 0 Å². The monoisotopic (exact) mass is 270 g/mol. The lowest BCUT2D eigenvalue weighted by Crippen LogP contribution is -2.65. The molecular weight excluding hydrogens is 248 g/mol. The van der Waals surface area contributed by atoms with Crippen molar-refractivity contribution in [2.45, 2.75) is 51.2 Å². The van der Waals surface area contributed by atoms with Crippen LogP contribution in [-0.4, -0.2) is 58.3 Å². The Morgan fingerprint density at radius 2 is 2.11 bits per heavy atom. The van der Waals surface area contributed by atoms with E-state index in [-0.39, 0.29) is 29.9 Å². The quantitative estimate of drug-likeness (QED) is 0.774. The molecule has 5 heteroatoms. The lowest BCUT2D eigenvalue weighted by atomic mass is 10.0. The molecule has 0 aliphatic carbocycles. The number of piperazine rings is 1. The molecule has 2 aliphatic rings. The van der Waals surface area contributed by atoms with Crippen molar-refractivity contribution in [2.75, 3.05) is 18.6 Å². The minimum absolute atomic E-state index is 0.143. The predicted octanol–water partition coefficient (Wildman–Crippen LogP) is 1.35. The summed E-state index contributed by atoms with van der Waals surface area (Å²) in [5, 5.41) is 0. The van der Waals surface area contributed by atoms with E-state index < -0.39 is 0 Å². The molecule has 2 rings (SSSR count). The van der Waals surface area contributed by atoms with Crippen molar-refractivity contribution in [1.82, 2.24) is 9.80 Å². The van der Waals surface area contributed by atoms with Gasteiger partial charge in [-0.15, -0.1) is 0 Å². The zero-order chi connectivity index (χ0) is 13.3. The summed E-state index contributed by atoms with van der Waals surface area (Å²) in [4.78, 5) is 28.6. The smallest absolute Gasteiger partial charge is 0.246 e. The number of carbonyl (C=O) groups excluding carboxylic acids is 2. The summed E-state index contributed by atoms with van der Waals surface area (Å²) in [6.07, 6.45) is 4.55. The van der Waals surface area contributed by atoms with Crippen molar-refractivity contribution in [3.05, 3.63) is 0 Å². The summed E-state index contributed by atoms with van der Waals surface area (Å²) < 4.78 is 0. The zero-order valence-electron chi connectivity index (χ0n) is 11.4. The van der Waals surface area contributed by atoms with Gasteiger partial charge >= 0.3 is 0 Å². The van der Waals surface area contributed by atoms with Crippen LogP contribution in [0, 0.1) is 0 Å². The molecule has 0 aromatic rings. The van der Waals surface area contributed by atoms with Crippen LogP contribution in [0.2, 0.25) is 0 Å². The number of fused-ring (bicyclic) bond motifs is 1. The van der Waals surface area contributed by atoms with Gasteiger partial charge in [-0.3, -0.25) is 9.59 Å². The van der Waals surface area contributed by atoms with Crippen molar-refractivity contribution in [1.29, 1.82) is 0 Å². The Bertz CT molecular complexity index is 348. The van der Waals surface area contributed by atoms with E-state index in [1.54, 1.807) is 16.7 Å². The summed E-state index contributed by atoms with van der Waals surface area (Å²) >= 11 is 1.73. The highest BCUT2D eigenvalue weighted by Gasteiger charge is 2.48. The van der Waals surface area contributed by atoms with E-state index in [1.807, 2.05) is 18.1 Å². The number of amides is 2. The zero-order valence-corrected chi connectivity index (χ0v) is 12.2. The van der Waals surface area contributed by atoms with Gasteiger partial charge in [-0.25, -0.2) is 0 Å². The summed E-state index contributed by atoms with van der Waals surface area (Å²) in [6, 6.07) is -0.275. The number of carbonyl (C=O) groups is 2. The minimum atomic E-state index is -0.242. The van der Waals surface area contributed by atoms with Crippen LogP contribution in [0.5, 0.6) is 0 Å². The molecule has 0 aromatic carbocycles. The van der Waals surface area contributed by atoms with E-state index >= 15 is 0 Å². The molecule has 102 valence electrons. The van der Waals surface area contributed by atoms with Gasteiger partial charge in [-0.1, -0.05) is 6.92 Å². The molecule has 3 unspecified atom stereocenters. The molecule has 2 fully saturated rings. The highest BCUT2D eigenvalue weighted by Crippen LogP contribution is 2.29. The fourth-order valence-corrected chi connectivity index (χ4v) is 3.78. The Morgan fingerprint density at radius 3 is 2.72 bits per heavy atom. The van der Waals surface area contributed by atoms with Crippen LogP contribution in [0.25, 0.3) is 0 Å². The first kappa shape index (κ1) is 13.7. The maximum absolute atomic E-state index is 12.6. The van der Waals surface area contributed by atoms with Gasteiger partial charge in [0, 0.05) is 18.3 Å². The first-order valence-corrected chi connectivity index (χ1v) is 8.12. The van der Waals surface area contributed by atoms with E-state index in [9.17, 15) is 9.59 Å². The van der Waals surface area contributed by atoms with E-state index in [0.717, 1.165) is 25.1 Å². The third-order valence-electron chi connectivity index (χ3n) is 3.97. The second-order valence-corrected chi connectivity index (χ2v) is 6.07. The Hall–Kier alpha value is -0.710. The van der Waals surface area contributed by atoms with Crippen LogP contribution < -0.4 is 0 Å². The summed E-state index contributed by atoms with van der Waals surface area (Å²) in [7, 11) is 0. The van der Waals surface area contributed by atoms with Crippen LogP contribution in [0.3, 0.4) is 0 Å². The van der Waals surface area contributed by atoms with Crippen LogP contribution >= 0.6 is 11.8 Å². The van der Waals surface area contributed by atoms with Gasteiger partial charge in [-0.2, -0.15) is 11.8 Å². The molecule has 18 heavy (non-hydrogen) atoms. The molecule has 0 spiro atoms. The average Bonchev–Trinajstić information content (AvgIpc) is 2.83. The molecule has 0 radical (unpaired) electrons. The van der Waals surface area contributed by atoms with Crippen molar-refractivity contribution in [3.63, 3.8) is 0 Å². The van der Waals surface area contributed by atoms with E-state index in [4.69, 9.17) is 0 Å². The number of hydrogen-bond donors (Lipinski definition) is 0. The number of rotatable bonds is 4. The van der Waals surface area contributed by atoms with Crippen molar-refractivity contribution >= 4 is 23.6 Å². The topological polar surface area (TPSA) is 40.6 Å². The summed E-state index contributed by atoms with van der Waals surface area (Å²) in [6.45, 7) is 4.80. The summed E-state index contributed by atoms with van der Waals surface area (Å²) in [5.41, 5.74) is 0. The fraction of sp³-hybridized carbons (Fsp3) is 0.846. The lowest BCUT2D eigenvalue weighted by Gasteiger charge is -2.44. The van der Waals surface area contributed by atoms with Gasteiger partial charge in [-0.05, 0) is 32.4 Å². The molecule has 4 nitrogen and oxygen atoms in total. The van der Waals surface area contributed by atoms with Crippen LogP contribution in [0.1, 0.15) is 33.1 Å². The van der Waals surface area contributed by atoms with E-state index in [0.29, 0.717) is 6.42 Å². The van der Waals surface area contributed by atoms with E-state index in [1.165, 1.54) is 0 Å². The highest BCUT2D eigenvalue weighted by atomic mass is 32.2. The second-order valence-electron chi connectivity index (χ2n) is 5.16. The number of nitrogens with zero attached hydrogens (tertiary/aromatic N) is 2. The standard InChI is InChI=1S/C13H22N2O2S/c1-4-10-12(16)14-7-5-6-11(14)13(17)15(10)9(2)8-18-3/h9-11H,4-8H2,1-3H3. The van der Waals surface area contributed by atoms with Gasteiger partial charge in [0.05, 0.1) is 0 Å². The van der Waals surface area contributed by atoms with Crippen LogP contribution in [0.15, 0.2) is 0 Å². The van der Waals surface area contributed by atoms with Gasteiger partial charge in [0.25, 0.3) is 0 Å². The summed E-state index contributed by atoms with van der Waals surface area (Å²) in [5.74, 6) is 1.22. The van der Waals surface area contributed by atoms with Gasteiger partial charge < -0.3 is 9.80 Å². The fourth-order valence-electron chi connectivity index (χ4n) is 3.14. The minimum Gasteiger partial charge on any atom is -0.329 e. The maximum atomic E-state index is 12.6. The Kier molecular flexibility index (Phi) is 4.20. The van der Waals surface area contributed by atoms with Crippen molar-refractivity contribution < 1.29 is 9.59 Å². The molecular formula is C13H22N2O2S. The molecule has 2 aliphatic heterocycles. The molecule has 0 N–H and O–H groups in total.